The van der Waals surface area contributed by atoms with Gasteiger partial charge in [-0.15, -0.1) is 0 Å². The van der Waals surface area contributed by atoms with Crippen LogP contribution in [0.1, 0.15) is 35.1 Å². The molecule has 1 aliphatic heterocycles. The van der Waals surface area contributed by atoms with Gasteiger partial charge >= 0.3 is 0 Å². The number of fused-ring (bicyclic) bond motifs is 2. The number of hydrogen-bond donors (Lipinski definition) is 2. The van der Waals surface area contributed by atoms with Crippen LogP contribution in [0.4, 0.5) is 0 Å². The van der Waals surface area contributed by atoms with Crippen LogP contribution in [0.2, 0.25) is 0 Å². The van der Waals surface area contributed by atoms with Crippen molar-refractivity contribution in [2.75, 3.05) is 13.1 Å². The van der Waals surface area contributed by atoms with Gasteiger partial charge in [-0.2, -0.15) is 5.10 Å². The molecule has 6 nitrogen and oxygen atoms in total. The van der Waals surface area contributed by atoms with Gasteiger partial charge in [-0.1, -0.05) is 30.3 Å². The molecule has 3 heterocycles. The molecule has 0 spiro atoms. The van der Waals surface area contributed by atoms with Crippen molar-refractivity contribution in [2.45, 2.75) is 18.8 Å². The highest BCUT2D eigenvalue weighted by atomic mass is 16.2. The van der Waals surface area contributed by atoms with Crippen LogP contribution < -0.4 is 0 Å². The standard InChI is InChI=1S/C20H19N5O/c26-20(18-14-7-1-2-8-15(14)23-24-18)25-11-5-6-13(12-25)19-21-16-9-3-4-10-17(16)22-19/h1-4,7-10,13H,5-6,11-12H2,(H,21,22)(H,23,24). The van der Waals surface area contributed by atoms with Crippen molar-refractivity contribution in [3.63, 3.8) is 0 Å². The van der Waals surface area contributed by atoms with Crippen molar-refractivity contribution in [2.24, 2.45) is 0 Å². The fourth-order valence-corrected chi connectivity index (χ4v) is 3.83. The number of imidazole rings is 1. The molecule has 6 heteroatoms. The Hall–Kier alpha value is -3.15. The summed E-state index contributed by atoms with van der Waals surface area (Å²) in [4.78, 5) is 23.1. The smallest absolute Gasteiger partial charge is 0.275 e. The Morgan fingerprint density at radius 3 is 2.77 bits per heavy atom. The van der Waals surface area contributed by atoms with E-state index in [2.05, 4.69) is 15.2 Å². The molecular formula is C20H19N5O. The normalized spacial score (nSPS) is 17.8. The van der Waals surface area contributed by atoms with Crippen molar-refractivity contribution < 1.29 is 4.79 Å². The van der Waals surface area contributed by atoms with Crippen LogP contribution in [0.3, 0.4) is 0 Å². The number of benzene rings is 2. The molecule has 0 bridgehead atoms. The van der Waals surface area contributed by atoms with Crippen molar-refractivity contribution in [3.8, 4) is 0 Å². The number of amides is 1. The number of carbonyl (C=O) groups excluding carboxylic acids is 1. The Morgan fingerprint density at radius 1 is 1.08 bits per heavy atom. The average molecular weight is 345 g/mol. The fourth-order valence-electron chi connectivity index (χ4n) is 3.83. The Balaban J connectivity index is 1.42. The van der Waals surface area contributed by atoms with E-state index in [4.69, 9.17) is 4.98 Å². The third-order valence-corrected chi connectivity index (χ3v) is 5.18. The van der Waals surface area contributed by atoms with Crippen LogP contribution in [0.25, 0.3) is 21.9 Å². The second-order valence-corrected chi connectivity index (χ2v) is 6.85. The number of para-hydroxylation sites is 3. The van der Waals surface area contributed by atoms with Crippen molar-refractivity contribution in [1.82, 2.24) is 25.1 Å². The van der Waals surface area contributed by atoms with Crippen LogP contribution in [-0.4, -0.2) is 44.1 Å². The highest BCUT2D eigenvalue weighted by molar-refractivity contribution is 6.04. The number of nitrogens with one attached hydrogen (secondary N) is 2. The molecule has 0 aliphatic carbocycles. The number of piperidine rings is 1. The summed E-state index contributed by atoms with van der Waals surface area (Å²) in [5.41, 5.74) is 3.42. The van der Waals surface area contributed by atoms with E-state index in [-0.39, 0.29) is 11.8 Å². The number of nitrogens with zero attached hydrogens (tertiary/aromatic N) is 3. The molecule has 4 aromatic rings. The molecule has 2 aromatic heterocycles. The zero-order valence-corrected chi connectivity index (χ0v) is 14.3. The Kier molecular flexibility index (Phi) is 3.48. The summed E-state index contributed by atoms with van der Waals surface area (Å²) in [5, 5.41) is 8.09. The lowest BCUT2D eigenvalue weighted by Gasteiger charge is -2.31. The largest absolute Gasteiger partial charge is 0.342 e. The maximum absolute atomic E-state index is 13.0. The minimum absolute atomic E-state index is 0.0109. The number of rotatable bonds is 2. The third-order valence-electron chi connectivity index (χ3n) is 5.18. The molecule has 5 rings (SSSR count). The van der Waals surface area contributed by atoms with Gasteiger partial charge in [-0.05, 0) is 31.0 Å². The summed E-state index contributed by atoms with van der Waals surface area (Å²) >= 11 is 0. The third kappa shape index (κ3) is 2.45. The van der Waals surface area contributed by atoms with Gasteiger partial charge in [0.15, 0.2) is 5.69 Å². The summed E-state index contributed by atoms with van der Waals surface area (Å²) in [6.45, 7) is 1.43. The van der Waals surface area contributed by atoms with Crippen molar-refractivity contribution in [3.05, 3.63) is 60.0 Å². The van der Waals surface area contributed by atoms with Gasteiger partial charge in [-0.3, -0.25) is 9.89 Å². The number of likely N-dealkylation sites (tertiary alicyclic amines) is 1. The molecule has 2 aromatic carbocycles. The van der Waals surface area contributed by atoms with Gasteiger partial charge in [-0.25, -0.2) is 4.98 Å². The Labute approximate surface area is 150 Å². The van der Waals surface area contributed by atoms with Crippen LogP contribution >= 0.6 is 0 Å². The van der Waals surface area contributed by atoms with Crippen molar-refractivity contribution >= 4 is 27.8 Å². The number of aromatic amines is 2. The second-order valence-electron chi connectivity index (χ2n) is 6.85. The van der Waals surface area contributed by atoms with E-state index in [1.165, 1.54) is 0 Å². The molecule has 1 aliphatic rings. The van der Waals surface area contributed by atoms with Crippen LogP contribution in [-0.2, 0) is 0 Å². The molecule has 1 saturated heterocycles. The highest BCUT2D eigenvalue weighted by Gasteiger charge is 2.29. The molecule has 26 heavy (non-hydrogen) atoms. The van der Waals surface area contributed by atoms with E-state index in [0.717, 1.165) is 47.1 Å². The predicted octanol–water partition coefficient (Wildman–Crippen LogP) is 3.46. The van der Waals surface area contributed by atoms with Crippen LogP contribution in [0.5, 0.6) is 0 Å². The topological polar surface area (TPSA) is 77.7 Å². The molecule has 1 unspecified atom stereocenters. The maximum Gasteiger partial charge on any atom is 0.275 e. The van der Waals surface area contributed by atoms with Crippen LogP contribution in [0, 0.1) is 0 Å². The zero-order valence-electron chi connectivity index (χ0n) is 14.3. The quantitative estimate of drug-likeness (QED) is 0.584. The molecular weight excluding hydrogens is 326 g/mol. The van der Waals surface area contributed by atoms with Gasteiger partial charge in [0.25, 0.3) is 5.91 Å². The lowest BCUT2D eigenvalue weighted by Crippen LogP contribution is -2.39. The first kappa shape index (κ1) is 15.1. The minimum atomic E-state index is -0.0109. The van der Waals surface area contributed by atoms with E-state index in [9.17, 15) is 4.79 Å². The lowest BCUT2D eigenvalue weighted by atomic mass is 9.97. The summed E-state index contributed by atoms with van der Waals surface area (Å²) in [6, 6.07) is 15.8. The number of hydrogen-bond acceptors (Lipinski definition) is 3. The highest BCUT2D eigenvalue weighted by Crippen LogP contribution is 2.28. The number of carbonyl (C=O) groups is 1. The average Bonchev–Trinajstić information content (AvgIpc) is 3.32. The summed E-state index contributed by atoms with van der Waals surface area (Å²) < 4.78 is 0. The SMILES string of the molecule is O=C(c1n[nH]c2ccccc12)N1CCCC(c2nc3ccccc3[nH]2)C1. The molecule has 1 amide bonds. The Bertz CT molecular complexity index is 1060. The van der Waals surface area contributed by atoms with E-state index in [0.29, 0.717) is 12.2 Å². The number of aromatic nitrogens is 4. The molecule has 0 radical (unpaired) electrons. The Morgan fingerprint density at radius 2 is 1.88 bits per heavy atom. The van der Waals surface area contributed by atoms with E-state index in [1.807, 2.05) is 53.4 Å². The molecule has 2 N–H and O–H groups in total. The minimum Gasteiger partial charge on any atom is -0.342 e. The monoisotopic (exact) mass is 345 g/mol. The van der Waals surface area contributed by atoms with E-state index >= 15 is 0 Å². The zero-order chi connectivity index (χ0) is 17.5. The maximum atomic E-state index is 13.0. The first-order chi connectivity index (χ1) is 12.8. The van der Waals surface area contributed by atoms with Crippen LogP contribution in [0.15, 0.2) is 48.5 Å². The summed E-state index contributed by atoms with van der Waals surface area (Å²) in [7, 11) is 0. The summed E-state index contributed by atoms with van der Waals surface area (Å²) in [5.74, 6) is 1.18. The molecule has 1 fully saturated rings. The van der Waals surface area contributed by atoms with Crippen molar-refractivity contribution in [1.29, 1.82) is 0 Å². The first-order valence-corrected chi connectivity index (χ1v) is 8.96. The van der Waals surface area contributed by atoms with Gasteiger partial charge in [0.05, 0.1) is 16.6 Å². The molecule has 130 valence electrons. The molecule has 0 saturated carbocycles. The molecule has 1 atom stereocenters. The lowest BCUT2D eigenvalue weighted by molar-refractivity contribution is 0.0701. The van der Waals surface area contributed by atoms with E-state index < -0.39 is 0 Å². The second kappa shape index (κ2) is 5.98. The first-order valence-electron chi connectivity index (χ1n) is 8.96. The fraction of sp³-hybridized carbons (Fsp3) is 0.250. The van der Waals surface area contributed by atoms with Gasteiger partial charge in [0, 0.05) is 24.4 Å². The van der Waals surface area contributed by atoms with E-state index in [1.54, 1.807) is 0 Å². The predicted molar refractivity (Wildman–Crippen MR) is 100 cm³/mol. The van der Waals surface area contributed by atoms with Gasteiger partial charge < -0.3 is 9.88 Å². The van der Waals surface area contributed by atoms with Gasteiger partial charge in [0.1, 0.15) is 5.82 Å². The van der Waals surface area contributed by atoms with Gasteiger partial charge in [0.2, 0.25) is 0 Å². The summed E-state index contributed by atoms with van der Waals surface area (Å²) in [6.07, 6.45) is 2.00. The number of H-pyrrole nitrogens is 2.